The lowest BCUT2D eigenvalue weighted by Crippen LogP contribution is -2.48. The molecular weight excluding hydrogens is 430 g/mol. The van der Waals surface area contributed by atoms with Gasteiger partial charge in [-0.3, -0.25) is 4.90 Å². The molecule has 0 bridgehead atoms. The van der Waals surface area contributed by atoms with E-state index in [0.717, 1.165) is 51.0 Å². The Labute approximate surface area is 201 Å². The molecular formula is C28H32ClN3O. The molecule has 172 valence electrons. The number of likely N-dealkylation sites (N-methyl/N-ethyl adjacent to an activating group) is 1. The molecule has 3 aliphatic rings. The van der Waals surface area contributed by atoms with E-state index in [4.69, 9.17) is 11.6 Å². The van der Waals surface area contributed by atoms with Crippen LogP contribution in [0.4, 0.5) is 0 Å². The molecule has 4 nitrogen and oxygen atoms in total. The van der Waals surface area contributed by atoms with Gasteiger partial charge in [-0.25, -0.2) is 0 Å². The summed E-state index contributed by atoms with van der Waals surface area (Å²) in [5, 5.41) is 13.4. The third kappa shape index (κ3) is 3.64. The third-order valence-corrected chi connectivity index (χ3v) is 8.46. The number of aliphatic hydroxyl groups is 1. The number of halogens is 1. The third-order valence-electron chi connectivity index (χ3n) is 8.20. The number of aromatic nitrogens is 1. The molecule has 1 saturated heterocycles. The minimum Gasteiger partial charge on any atom is -0.385 e. The molecule has 0 amide bonds. The highest BCUT2D eigenvalue weighted by molar-refractivity contribution is 6.30. The van der Waals surface area contributed by atoms with Gasteiger partial charge in [0.15, 0.2) is 0 Å². The lowest BCUT2D eigenvalue weighted by Gasteiger charge is -2.43. The van der Waals surface area contributed by atoms with Gasteiger partial charge in [0, 0.05) is 67.3 Å². The summed E-state index contributed by atoms with van der Waals surface area (Å²) >= 11 is 6.04. The molecule has 1 aromatic heterocycles. The molecule has 2 aliphatic heterocycles. The van der Waals surface area contributed by atoms with E-state index in [9.17, 15) is 5.11 Å². The molecule has 5 heteroatoms. The van der Waals surface area contributed by atoms with Gasteiger partial charge in [0.2, 0.25) is 0 Å². The monoisotopic (exact) mass is 461 g/mol. The number of fused-ring (bicyclic) bond motifs is 2. The highest BCUT2D eigenvalue weighted by atomic mass is 35.5. The van der Waals surface area contributed by atoms with Crippen molar-refractivity contribution in [2.75, 3.05) is 33.2 Å². The summed E-state index contributed by atoms with van der Waals surface area (Å²) in [7, 11) is 4.45. The van der Waals surface area contributed by atoms with E-state index >= 15 is 0 Å². The average Bonchev–Trinajstić information content (AvgIpc) is 3.13. The standard InChI is InChI=1S/C28H32ClN3O/c1-30-16-19(17-32-12-10-28(33,11-13-32)21-6-8-22(29)9-7-21)14-24-23-4-3-5-25-27(23)20(15-26(24)30)18-31(25)2/h3-9,14,18-19,26,33H,10-13,15-17H2,1-2H3/t19-,26-/m1/s1. The lowest BCUT2D eigenvalue weighted by molar-refractivity contribution is -0.0285. The summed E-state index contributed by atoms with van der Waals surface area (Å²) < 4.78 is 2.28. The van der Waals surface area contributed by atoms with Gasteiger partial charge in [-0.05, 0) is 66.8 Å². The number of hydrogen-bond acceptors (Lipinski definition) is 3. The van der Waals surface area contributed by atoms with E-state index in [2.05, 4.69) is 58.9 Å². The topological polar surface area (TPSA) is 31.6 Å². The second-order valence-electron chi connectivity index (χ2n) is 10.3. The van der Waals surface area contributed by atoms with Crippen LogP contribution >= 0.6 is 11.6 Å². The maximum absolute atomic E-state index is 11.2. The Morgan fingerprint density at radius 3 is 2.58 bits per heavy atom. The van der Waals surface area contributed by atoms with Crippen molar-refractivity contribution < 1.29 is 5.11 Å². The van der Waals surface area contributed by atoms with Gasteiger partial charge < -0.3 is 14.6 Å². The molecule has 33 heavy (non-hydrogen) atoms. The molecule has 1 fully saturated rings. The van der Waals surface area contributed by atoms with Gasteiger partial charge in [-0.2, -0.15) is 0 Å². The second-order valence-corrected chi connectivity index (χ2v) is 10.8. The van der Waals surface area contributed by atoms with E-state index < -0.39 is 5.60 Å². The molecule has 0 spiro atoms. The molecule has 2 aromatic carbocycles. The number of nitrogens with zero attached hydrogens (tertiary/aromatic N) is 3. The summed E-state index contributed by atoms with van der Waals surface area (Å²) in [5.74, 6) is 0.503. The largest absolute Gasteiger partial charge is 0.385 e. The Kier molecular flexibility index (Phi) is 5.19. The normalized spacial score (nSPS) is 25.2. The Morgan fingerprint density at radius 1 is 1.06 bits per heavy atom. The van der Waals surface area contributed by atoms with Crippen molar-refractivity contribution in [1.29, 1.82) is 0 Å². The maximum atomic E-state index is 11.2. The van der Waals surface area contributed by atoms with Gasteiger partial charge >= 0.3 is 0 Å². The van der Waals surface area contributed by atoms with Crippen LogP contribution in [0.15, 0.2) is 54.7 Å². The van der Waals surface area contributed by atoms with Gasteiger partial charge in [0.1, 0.15) is 0 Å². The van der Waals surface area contributed by atoms with Crippen LogP contribution in [0.25, 0.3) is 16.5 Å². The Morgan fingerprint density at radius 2 is 1.82 bits per heavy atom. The van der Waals surface area contributed by atoms with E-state index in [1.54, 1.807) is 0 Å². The first-order valence-electron chi connectivity index (χ1n) is 12.1. The zero-order valence-corrected chi connectivity index (χ0v) is 20.2. The molecule has 1 aliphatic carbocycles. The van der Waals surface area contributed by atoms with Crippen molar-refractivity contribution in [3.05, 3.63) is 76.5 Å². The van der Waals surface area contributed by atoms with Gasteiger partial charge in [-0.15, -0.1) is 0 Å². The highest BCUT2D eigenvalue weighted by Gasteiger charge is 2.37. The number of rotatable bonds is 3. The zero-order chi connectivity index (χ0) is 22.7. The molecule has 0 radical (unpaired) electrons. The molecule has 2 atom stereocenters. The molecule has 1 N–H and O–H groups in total. The predicted molar refractivity (Wildman–Crippen MR) is 136 cm³/mol. The summed E-state index contributed by atoms with van der Waals surface area (Å²) in [5.41, 5.74) is 6.00. The first-order chi connectivity index (χ1) is 15.9. The van der Waals surface area contributed by atoms with Gasteiger partial charge in [0.25, 0.3) is 0 Å². The highest BCUT2D eigenvalue weighted by Crippen LogP contribution is 2.42. The Balaban J connectivity index is 1.21. The fourth-order valence-electron chi connectivity index (χ4n) is 6.43. The summed E-state index contributed by atoms with van der Waals surface area (Å²) in [4.78, 5) is 5.10. The quantitative estimate of drug-likeness (QED) is 0.614. The maximum Gasteiger partial charge on any atom is 0.0920 e. The van der Waals surface area contributed by atoms with Crippen LogP contribution < -0.4 is 0 Å². The predicted octanol–water partition coefficient (Wildman–Crippen LogP) is 4.69. The minimum atomic E-state index is -0.739. The summed E-state index contributed by atoms with van der Waals surface area (Å²) in [6.07, 6.45) is 7.52. The van der Waals surface area contributed by atoms with Crippen LogP contribution in [-0.2, 0) is 19.1 Å². The van der Waals surface area contributed by atoms with E-state index in [1.165, 1.54) is 27.6 Å². The fourth-order valence-corrected chi connectivity index (χ4v) is 6.55. The van der Waals surface area contributed by atoms with Crippen LogP contribution in [0, 0.1) is 5.92 Å². The van der Waals surface area contributed by atoms with Crippen LogP contribution in [0.5, 0.6) is 0 Å². The molecule has 3 heterocycles. The Hall–Kier alpha value is -2.11. The number of aryl methyl sites for hydroxylation is 1. The number of hydrogen-bond donors (Lipinski definition) is 1. The number of likely N-dealkylation sites (tertiary alicyclic amines) is 1. The summed E-state index contributed by atoms with van der Waals surface area (Å²) in [6.45, 7) is 3.98. The molecule has 0 unspecified atom stereocenters. The SMILES string of the molecule is CN1C[C@H](CN2CCC(O)(c3ccc(Cl)cc3)CC2)C=C2c3cccc4c3c(cn4C)C[C@H]21. The van der Waals surface area contributed by atoms with E-state index in [0.29, 0.717) is 17.0 Å². The van der Waals surface area contributed by atoms with Crippen LogP contribution in [0.1, 0.15) is 29.5 Å². The van der Waals surface area contributed by atoms with Crippen molar-refractivity contribution >= 4 is 28.1 Å². The van der Waals surface area contributed by atoms with Gasteiger partial charge in [-0.1, -0.05) is 41.9 Å². The second kappa shape index (κ2) is 7.99. The van der Waals surface area contributed by atoms with Crippen molar-refractivity contribution in [2.24, 2.45) is 13.0 Å². The van der Waals surface area contributed by atoms with Crippen molar-refractivity contribution in [3.63, 3.8) is 0 Å². The minimum absolute atomic E-state index is 0.470. The smallest absolute Gasteiger partial charge is 0.0920 e. The van der Waals surface area contributed by atoms with Crippen molar-refractivity contribution in [1.82, 2.24) is 14.4 Å². The molecule has 3 aromatic rings. The van der Waals surface area contributed by atoms with Crippen LogP contribution in [-0.4, -0.2) is 58.7 Å². The van der Waals surface area contributed by atoms with Crippen molar-refractivity contribution in [2.45, 2.75) is 30.9 Å². The molecule has 0 saturated carbocycles. The first-order valence-corrected chi connectivity index (χ1v) is 12.5. The van der Waals surface area contributed by atoms with E-state index in [-0.39, 0.29) is 0 Å². The number of benzene rings is 2. The lowest BCUT2D eigenvalue weighted by atomic mass is 9.79. The average molecular weight is 462 g/mol. The fraction of sp³-hybridized carbons (Fsp3) is 0.429. The number of piperidine rings is 1. The van der Waals surface area contributed by atoms with Crippen molar-refractivity contribution in [3.8, 4) is 0 Å². The van der Waals surface area contributed by atoms with E-state index in [1.807, 2.05) is 24.3 Å². The van der Waals surface area contributed by atoms with Crippen LogP contribution in [0.3, 0.4) is 0 Å². The van der Waals surface area contributed by atoms with Gasteiger partial charge in [0.05, 0.1) is 5.60 Å². The van der Waals surface area contributed by atoms with Crippen LogP contribution in [0.2, 0.25) is 5.02 Å². The molecule has 6 rings (SSSR count). The zero-order valence-electron chi connectivity index (χ0n) is 19.5. The summed E-state index contributed by atoms with van der Waals surface area (Å²) in [6, 6.07) is 14.9. The first kappa shape index (κ1) is 21.4. The Bertz CT molecular complexity index is 1220.